The van der Waals surface area contributed by atoms with Crippen LogP contribution in [0.25, 0.3) is 0 Å². The quantitative estimate of drug-likeness (QED) is 0.793. The van der Waals surface area contributed by atoms with Crippen molar-refractivity contribution in [3.05, 3.63) is 35.4 Å². The highest BCUT2D eigenvalue weighted by atomic mass is 16.5. The van der Waals surface area contributed by atoms with Gasteiger partial charge in [-0.25, -0.2) is 0 Å². The van der Waals surface area contributed by atoms with Gasteiger partial charge in [-0.15, -0.1) is 0 Å². The Morgan fingerprint density at radius 3 is 3.00 bits per heavy atom. The maximum Gasteiger partial charge on any atom is 0.251 e. The first-order valence-corrected chi connectivity index (χ1v) is 6.54. The summed E-state index contributed by atoms with van der Waals surface area (Å²) in [5.74, 6) is -0.507. The van der Waals surface area contributed by atoms with Crippen molar-refractivity contribution in [3.8, 4) is 0 Å². The topological polar surface area (TPSA) is 84.7 Å². The van der Waals surface area contributed by atoms with Crippen LogP contribution in [0.2, 0.25) is 0 Å². The predicted molar refractivity (Wildman–Crippen MR) is 74.0 cm³/mol. The van der Waals surface area contributed by atoms with Gasteiger partial charge in [0.05, 0.1) is 13.2 Å². The maximum absolute atomic E-state index is 11.6. The highest BCUT2D eigenvalue weighted by Crippen LogP contribution is 2.13. The molecule has 108 valence electrons. The lowest BCUT2D eigenvalue weighted by atomic mass is 10.1. The van der Waals surface area contributed by atoms with E-state index in [1.807, 2.05) is 23.1 Å². The normalized spacial score (nSPS) is 19.6. The molecule has 3 N–H and O–H groups in total. The number of hydrogen-bond donors (Lipinski definition) is 2. The van der Waals surface area contributed by atoms with E-state index >= 15 is 0 Å². The molecule has 1 heterocycles. The van der Waals surface area contributed by atoms with E-state index in [4.69, 9.17) is 10.5 Å². The number of nitrogens with two attached hydrogens (primary N) is 1. The van der Waals surface area contributed by atoms with Crippen molar-refractivity contribution in [2.45, 2.75) is 12.6 Å². The minimum atomic E-state index is -0.410. The van der Waals surface area contributed by atoms with Gasteiger partial charge in [0.1, 0.15) is 6.04 Å². The average Bonchev–Trinajstić information content (AvgIpc) is 2.47. The number of nitrogens with one attached hydrogen (secondary N) is 1. The summed E-state index contributed by atoms with van der Waals surface area (Å²) in [4.78, 5) is 25.0. The molecule has 0 bridgehead atoms. The monoisotopic (exact) mass is 277 g/mol. The van der Waals surface area contributed by atoms with Gasteiger partial charge in [0.15, 0.2) is 0 Å². The number of nitrogens with zero attached hydrogens (tertiary/aromatic N) is 1. The van der Waals surface area contributed by atoms with Crippen LogP contribution in [0.1, 0.15) is 15.9 Å². The van der Waals surface area contributed by atoms with Crippen molar-refractivity contribution < 1.29 is 14.3 Å². The van der Waals surface area contributed by atoms with Gasteiger partial charge in [-0.3, -0.25) is 14.5 Å². The molecule has 0 saturated carbocycles. The molecular weight excluding hydrogens is 258 g/mol. The number of ether oxygens (including phenoxy) is 1. The van der Waals surface area contributed by atoms with Gasteiger partial charge in [-0.1, -0.05) is 12.1 Å². The fraction of sp³-hybridized carbons (Fsp3) is 0.429. The minimum absolute atomic E-state index is 0.125. The van der Waals surface area contributed by atoms with Crippen molar-refractivity contribution in [2.75, 3.05) is 26.8 Å². The summed E-state index contributed by atoms with van der Waals surface area (Å²) >= 11 is 0. The predicted octanol–water partition coefficient (Wildman–Crippen LogP) is -0.268. The van der Waals surface area contributed by atoms with E-state index in [9.17, 15) is 9.59 Å². The first-order chi connectivity index (χ1) is 9.61. The van der Waals surface area contributed by atoms with Gasteiger partial charge in [0, 0.05) is 25.7 Å². The van der Waals surface area contributed by atoms with Crippen molar-refractivity contribution in [2.24, 2.45) is 5.73 Å². The summed E-state index contributed by atoms with van der Waals surface area (Å²) in [6.45, 7) is 2.13. The second kappa shape index (κ2) is 6.49. The SMILES string of the molecule is CNC(=O)c1cccc(CN2CCOCC2C(N)=O)c1. The third-order valence-corrected chi connectivity index (χ3v) is 3.37. The molecule has 0 aliphatic carbocycles. The first kappa shape index (κ1) is 14.5. The van der Waals surface area contributed by atoms with Gasteiger partial charge in [0.25, 0.3) is 5.91 Å². The van der Waals surface area contributed by atoms with Gasteiger partial charge >= 0.3 is 0 Å². The second-order valence-electron chi connectivity index (χ2n) is 4.74. The summed E-state index contributed by atoms with van der Waals surface area (Å²) in [6.07, 6.45) is 0. The van der Waals surface area contributed by atoms with E-state index < -0.39 is 6.04 Å². The van der Waals surface area contributed by atoms with Crippen LogP contribution in [0.15, 0.2) is 24.3 Å². The zero-order chi connectivity index (χ0) is 14.5. The Bertz CT molecular complexity index is 504. The van der Waals surface area contributed by atoms with E-state index in [0.29, 0.717) is 31.9 Å². The Labute approximate surface area is 117 Å². The largest absolute Gasteiger partial charge is 0.378 e. The van der Waals surface area contributed by atoms with Crippen molar-refractivity contribution in [3.63, 3.8) is 0 Å². The smallest absolute Gasteiger partial charge is 0.251 e. The average molecular weight is 277 g/mol. The highest BCUT2D eigenvalue weighted by Gasteiger charge is 2.27. The van der Waals surface area contributed by atoms with Crippen molar-refractivity contribution >= 4 is 11.8 Å². The number of morpholine rings is 1. The van der Waals surface area contributed by atoms with Gasteiger partial charge in [-0.05, 0) is 17.7 Å². The van der Waals surface area contributed by atoms with Crippen molar-refractivity contribution in [1.82, 2.24) is 10.2 Å². The van der Waals surface area contributed by atoms with Crippen LogP contribution in [-0.4, -0.2) is 49.6 Å². The summed E-state index contributed by atoms with van der Waals surface area (Å²) in [5, 5.41) is 2.59. The molecule has 0 aromatic heterocycles. The molecule has 1 unspecified atom stereocenters. The van der Waals surface area contributed by atoms with E-state index in [1.54, 1.807) is 13.1 Å². The summed E-state index contributed by atoms with van der Waals surface area (Å²) in [7, 11) is 1.60. The molecule has 0 spiro atoms. The number of primary amides is 1. The van der Waals surface area contributed by atoms with Gasteiger partial charge in [0.2, 0.25) is 5.91 Å². The van der Waals surface area contributed by atoms with Crippen molar-refractivity contribution in [1.29, 1.82) is 0 Å². The highest BCUT2D eigenvalue weighted by molar-refractivity contribution is 5.94. The molecule has 1 saturated heterocycles. The molecule has 1 fully saturated rings. The molecule has 20 heavy (non-hydrogen) atoms. The molecule has 1 aromatic carbocycles. The molecule has 1 aliphatic heterocycles. The molecule has 1 aromatic rings. The molecule has 0 radical (unpaired) electrons. The zero-order valence-corrected chi connectivity index (χ0v) is 11.5. The first-order valence-electron chi connectivity index (χ1n) is 6.54. The van der Waals surface area contributed by atoms with Crippen LogP contribution in [0.4, 0.5) is 0 Å². The molecule has 6 nitrogen and oxygen atoms in total. The Balaban J connectivity index is 2.12. The van der Waals surface area contributed by atoms with E-state index in [-0.39, 0.29) is 11.8 Å². The maximum atomic E-state index is 11.6. The second-order valence-corrected chi connectivity index (χ2v) is 4.74. The third kappa shape index (κ3) is 3.34. The van der Waals surface area contributed by atoms with Gasteiger partial charge in [-0.2, -0.15) is 0 Å². The standard InChI is InChI=1S/C14H19N3O3/c1-16-14(19)11-4-2-3-10(7-11)8-17-5-6-20-9-12(17)13(15)18/h2-4,7,12H,5-6,8-9H2,1H3,(H2,15,18)(H,16,19). The van der Waals surface area contributed by atoms with Crippen LogP contribution in [-0.2, 0) is 16.1 Å². The summed E-state index contributed by atoms with van der Waals surface area (Å²) in [6, 6.07) is 6.94. The summed E-state index contributed by atoms with van der Waals surface area (Å²) < 4.78 is 5.28. The van der Waals surface area contributed by atoms with E-state index in [2.05, 4.69) is 5.32 Å². The van der Waals surface area contributed by atoms with E-state index in [0.717, 1.165) is 5.56 Å². The molecule has 2 amide bonds. The summed E-state index contributed by atoms with van der Waals surface area (Å²) in [5.41, 5.74) is 6.96. The Kier molecular flexibility index (Phi) is 4.70. The lowest BCUT2D eigenvalue weighted by Gasteiger charge is -2.33. The number of hydrogen-bond acceptors (Lipinski definition) is 4. The number of amides is 2. The fourth-order valence-corrected chi connectivity index (χ4v) is 2.28. The Morgan fingerprint density at radius 2 is 2.30 bits per heavy atom. The molecule has 1 aliphatic rings. The Morgan fingerprint density at radius 1 is 1.50 bits per heavy atom. The fourth-order valence-electron chi connectivity index (χ4n) is 2.28. The number of benzene rings is 1. The molecule has 6 heteroatoms. The minimum Gasteiger partial charge on any atom is -0.378 e. The lowest BCUT2D eigenvalue weighted by molar-refractivity contribution is -0.129. The molecule has 2 rings (SSSR count). The van der Waals surface area contributed by atoms with Gasteiger partial charge < -0.3 is 15.8 Å². The number of carbonyl (C=O) groups is 2. The Hall–Kier alpha value is -1.92. The molecular formula is C14H19N3O3. The van der Waals surface area contributed by atoms with Crippen LogP contribution in [0.5, 0.6) is 0 Å². The number of rotatable bonds is 4. The zero-order valence-electron chi connectivity index (χ0n) is 11.5. The number of carbonyl (C=O) groups excluding carboxylic acids is 2. The van der Waals surface area contributed by atoms with Crippen LogP contribution in [0, 0.1) is 0 Å². The molecule has 1 atom stereocenters. The van der Waals surface area contributed by atoms with Crippen LogP contribution in [0.3, 0.4) is 0 Å². The van der Waals surface area contributed by atoms with Crippen LogP contribution < -0.4 is 11.1 Å². The van der Waals surface area contributed by atoms with E-state index in [1.165, 1.54) is 0 Å². The van der Waals surface area contributed by atoms with Crippen LogP contribution >= 0.6 is 0 Å². The third-order valence-electron chi connectivity index (χ3n) is 3.37. The lowest BCUT2D eigenvalue weighted by Crippen LogP contribution is -2.51.